The Morgan fingerprint density at radius 3 is 1.57 bits per heavy atom. The Labute approximate surface area is 464 Å². The van der Waals surface area contributed by atoms with E-state index in [1.807, 2.05) is 121 Å². The van der Waals surface area contributed by atoms with Crippen LogP contribution in [0.5, 0.6) is 11.5 Å². The van der Waals surface area contributed by atoms with Gasteiger partial charge in [0.15, 0.2) is 24.7 Å². The molecule has 0 aromatic heterocycles. The molecule has 10 rings (SSSR count). The van der Waals surface area contributed by atoms with Crippen LogP contribution in [0, 0.1) is 0 Å². The summed E-state index contributed by atoms with van der Waals surface area (Å²) in [5, 5.41) is 32.4. The molecule has 1 aliphatic carbocycles. The van der Waals surface area contributed by atoms with Crippen LogP contribution in [0.3, 0.4) is 0 Å². The van der Waals surface area contributed by atoms with Crippen LogP contribution >= 0.6 is 0 Å². The largest absolute Gasteiger partial charge is 0.497 e. The summed E-state index contributed by atoms with van der Waals surface area (Å²) < 4.78 is 85.4. The van der Waals surface area contributed by atoms with Gasteiger partial charge in [0.2, 0.25) is 0 Å². The molecule has 2 N–H and O–H groups in total. The number of benzene rings is 5. The van der Waals surface area contributed by atoms with Crippen molar-refractivity contribution in [3.05, 3.63) is 189 Å². The molecule has 5 aromatic carbocycles. The van der Waals surface area contributed by atoms with Crippen LogP contribution in [-0.4, -0.2) is 135 Å². The van der Waals surface area contributed by atoms with Crippen LogP contribution in [0.15, 0.2) is 156 Å². The maximum Gasteiger partial charge on any atom is 0.187 e. The lowest BCUT2D eigenvalue weighted by Gasteiger charge is -2.53. The Hall–Kier alpha value is -6.20. The molecule has 15 atom stereocenters. The van der Waals surface area contributed by atoms with Crippen LogP contribution in [0.1, 0.15) is 54.4 Å². The summed E-state index contributed by atoms with van der Waals surface area (Å²) in [6, 6.07) is 42.3. The van der Waals surface area contributed by atoms with Crippen LogP contribution < -0.4 is 9.47 Å². The first kappa shape index (κ1) is 57.1. The fourth-order valence-corrected chi connectivity index (χ4v) is 10.9. The van der Waals surface area contributed by atoms with E-state index in [0.717, 1.165) is 41.5 Å². The van der Waals surface area contributed by atoms with Crippen molar-refractivity contribution in [3.8, 4) is 11.5 Å². The van der Waals surface area contributed by atoms with Crippen molar-refractivity contribution in [3.63, 3.8) is 0 Å². The third-order valence-corrected chi connectivity index (χ3v) is 15.0. The Balaban J connectivity index is 1.01. The molecule has 0 unspecified atom stereocenters. The average Bonchev–Trinajstić information content (AvgIpc) is 3.54. The smallest absolute Gasteiger partial charge is 0.187 e. The van der Waals surface area contributed by atoms with Gasteiger partial charge in [-0.3, -0.25) is 0 Å². The van der Waals surface area contributed by atoms with Gasteiger partial charge in [0.25, 0.3) is 0 Å². The predicted octanol–water partition coefficient (Wildman–Crippen LogP) is 8.78. The van der Waals surface area contributed by atoms with E-state index >= 15 is 0 Å². The van der Waals surface area contributed by atoms with E-state index in [1.165, 1.54) is 0 Å². The molecule has 80 heavy (non-hydrogen) atoms. The quantitative estimate of drug-likeness (QED) is 0.0352. The number of aliphatic hydroxyl groups excluding tert-OH is 2. The van der Waals surface area contributed by atoms with E-state index in [-0.39, 0.29) is 46.2 Å². The van der Waals surface area contributed by atoms with E-state index < -0.39 is 97.8 Å². The highest BCUT2D eigenvalue weighted by atomic mass is 16.8. The van der Waals surface area contributed by atoms with Crippen molar-refractivity contribution in [2.45, 2.75) is 156 Å². The molecule has 5 fully saturated rings. The van der Waals surface area contributed by atoms with Crippen molar-refractivity contribution in [2.75, 3.05) is 26.9 Å². The normalized spacial score (nSPS) is 31.0. The second-order valence-electron chi connectivity index (χ2n) is 20.4. The molecule has 0 amide bonds. The SMILES string of the molecule is COc1ccc(OC[C@H]2O[C@@H](OCc3ccccc3)[C@H](N=[N+]=[N-])[C@@H](OCc3ccccc3)[C@@H]2O[C@@H]2O[C@H](COCc3ccccc3)[C@@H](O[C@@H]3O[C@@H]4COC5(CCCCC5)O[C@H]4[C@H](O)[C@@H]3O)[C@H](OCc3ccccc3)[C@H]2N=[N+]=[N-])cc1. The molecule has 4 heterocycles. The van der Waals surface area contributed by atoms with Crippen molar-refractivity contribution < 1.29 is 71.8 Å². The number of azide groups is 2. The molecule has 5 aliphatic rings. The maximum absolute atomic E-state index is 11.9. The van der Waals surface area contributed by atoms with E-state index in [1.54, 1.807) is 31.4 Å². The summed E-state index contributed by atoms with van der Waals surface area (Å²) >= 11 is 0. The second kappa shape index (κ2) is 28.0. The van der Waals surface area contributed by atoms with E-state index in [9.17, 15) is 21.3 Å². The number of hydrogen-bond acceptors (Lipinski definition) is 17. The highest BCUT2D eigenvalue weighted by molar-refractivity contribution is 5.31. The van der Waals surface area contributed by atoms with E-state index in [0.29, 0.717) is 24.3 Å². The van der Waals surface area contributed by atoms with Gasteiger partial charge in [-0.25, -0.2) is 0 Å². The molecule has 0 radical (unpaired) electrons. The maximum atomic E-state index is 11.9. The first-order valence-corrected chi connectivity index (χ1v) is 27.2. The average molecular weight is 1100 g/mol. The fourth-order valence-electron chi connectivity index (χ4n) is 10.9. The molecule has 1 spiro atoms. The number of nitrogens with zero attached hydrogens (tertiary/aromatic N) is 6. The van der Waals surface area contributed by atoms with Crippen molar-refractivity contribution in [1.29, 1.82) is 0 Å². The first-order chi connectivity index (χ1) is 39.3. The summed E-state index contributed by atoms with van der Waals surface area (Å²) in [4.78, 5) is 6.57. The second-order valence-corrected chi connectivity index (χ2v) is 20.4. The molecular formula is C59H68N6O15. The summed E-state index contributed by atoms with van der Waals surface area (Å²) in [6.07, 6.45) is -11.8. The van der Waals surface area contributed by atoms with Crippen LogP contribution in [0.25, 0.3) is 20.9 Å². The minimum atomic E-state index is -1.62. The Morgan fingerprint density at radius 2 is 1.02 bits per heavy atom. The van der Waals surface area contributed by atoms with Gasteiger partial charge in [-0.2, -0.15) is 0 Å². The number of ether oxygens (including phenoxy) is 13. The zero-order valence-corrected chi connectivity index (χ0v) is 44.4. The van der Waals surface area contributed by atoms with Gasteiger partial charge in [-0.05, 0) is 70.4 Å². The zero-order valence-electron chi connectivity index (χ0n) is 44.4. The lowest BCUT2D eigenvalue weighted by Crippen LogP contribution is -2.68. The van der Waals surface area contributed by atoms with Crippen molar-refractivity contribution in [1.82, 2.24) is 0 Å². The Bertz CT molecular complexity index is 2760. The van der Waals surface area contributed by atoms with Crippen LogP contribution in [-0.2, 0) is 78.5 Å². The Kier molecular flexibility index (Phi) is 20.0. The molecule has 21 heteroatoms. The molecule has 424 valence electrons. The van der Waals surface area contributed by atoms with Gasteiger partial charge >= 0.3 is 0 Å². The van der Waals surface area contributed by atoms with Gasteiger partial charge in [-0.1, -0.05) is 138 Å². The van der Waals surface area contributed by atoms with E-state index in [4.69, 9.17) is 61.6 Å². The minimum absolute atomic E-state index is 0.00857. The summed E-state index contributed by atoms with van der Waals surface area (Å²) in [6.45, 7) is 0.0379. The minimum Gasteiger partial charge on any atom is -0.497 e. The topological polar surface area (TPSA) is 258 Å². The number of aliphatic hydroxyl groups is 2. The molecule has 4 aliphatic heterocycles. The van der Waals surface area contributed by atoms with Gasteiger partial charge in [0.1, 0.15) is 91.2 Å². The molecule has 4 saturated heterocycles. The summed E-state index contributed by atoms with van der Waals surface area (Å²) in [5.41, 5.74) is 24.0. The number of hydrogen-bond donors (Lipinski definition) is 2. The summed E-state index contributed by atoms with van der Waals surface area (Å²) in [5.74, 6) is 0.217. The number of rotatable bonds is 23. The van der Waals surface area contributed by atoms with Crippen LogP contribution in [0.4, 0.5) is 0 Å². The van der Waals surface area contributed by atoms with Crippen LogP contribution in [0.2, 0.25) is 0 Å². The van der Waals surface area contributed by atoms with Gasteiger partial charge in [-0.15, -0.1) is 0 Å². The fraction of sp³-hybridized carbons (Fsp3) is 0.492. The zero-order chi connectivity index (χ0) is 55.1. The highest BCUT2D eigenvalue weighted by Gasteiger charge is 2.57. The number of methoxy groups -OCH3 is 1. The highest BCUT2D eigenvalue weighted by Crippen LogP contribution is 2.43. The van der Waals surface area contributed by atoms with Gasteiger partial charge in [0, 0.05) is 22.7 Å². The molecule has 5 aromatic rings. The molecule has 0 bridgehead atoms. The third kappa shape index (κ3) is 14.3. The third-order valence-electron chi connectivity index (χ3n) is 15.0. The molecule has 21 nitrogen and oxygen atoms in total. The lowest BCUT2D eigenvalue weighted by molar-refractivity contribution is -0.408. The molecule has 1 saturated carbocycles. The van der Waals surface area contributed by atoms with Gasteiger partial charge in [0.05, 0.1) is 46.8 Å². The first-order valence-electron chi connectivity index (χ1n) is 27.2. The summed E-state index contributed by atoms with van der Waals surface area (Å²) in [7, 11) is 1.57. The monoisotopic (exact) mass is 1100 g/mol. The van der Waals surface area contributed by atoms with Crippen molar-refractivity contribution in [2.24, 2.45) is 10.2 Å². The standard InChI is InChI=1S/C59H68N6O15/c1-68-42-25-27-43(28-26-42)70-36-45-53(54(71-32-39-19-9-3-10-20-39)47(62-64-60)56(75-45)73-34-41-23-13-5-14-24-41)78-57-48(63-65-61)55(72-33-40-21-11-4-12-22-40)52(44(76-57)35-69-31-38-17-7-2-8-18-38)79-58-50(67)49(66)51-46(77-58)37-74-59(80-51)29-15-6-16-30-59/h2-5,7-14,17-28,44-58,66-67H,6,15-16,29-37H2,1H3/t44-,45-,46-,47-,48-,49-,50+,51-,52-,53-,54-,55-,56-,57+,58+/m1/s1. The van der Waals surface area contributed by atoms with Crippen molar-refractivity contribution >= 4 is 0 Å². The lowest BCUT2D eigenvalue weighted by atomic mass is 9.90. The number of fused-ring (bicyclic) bond motifs is 1. The molecular weight excluding hydrogens is 1030 g/mol. The van der Waals surface area contributed by atoms with E-state index in [2.05, 4.69) is 20.1 Å². The predicted molar refractivity (Wildman–Crippen MR) is 286 cm³/mol. The Morgan fingerprint density at radius 1 is 0.537 bits per heavy atom. The van der Waals surface area contributed by atoms with Gasteiger partial charge < -0.3 is 71.8 Å².